The second-order valence-electron chi connectivity index (χ2n) is 7.81. The molecule has 1 aromatic carbocycles. The molecule has 0 atom stereocenters. The third kappa shape index (κ3) is 5.36. The number of primary amides is 1. The van der Waals surface area contributed by atoms with Gasteiger partial charge in [0.15, 0.2) is 0 Å². The first-order valence-electron chi connectivity index (χ1n) is 10.4. The van der Waals surface area contributed by atoms with E-state index in [9.17, 15) is 4.79 Å². The van der Waals surface area contributed by atoms with Gasteiger partial charge in [0.1, 0.15) is 5.82 Å². The first-order valence-corrected chi connectivity index (χ1v) is 11.3. The number of nitrogens with two attached hydrogens (primary N) is 1. The molecule has 0 spiro atoms. The number of rotatable bonds is 8. The van der Waals surface area contributed by atoms with Gasteiger partial charge in [-0.3, -0.25) is 4.79 Å². The monoisotopic (exact) mass is 421 g/mol. The Morgan fingerprint density at radius 1 is 1.07 bits per heavy atom. The zero-order valence-corrected chi connectivity index (χ0v) is 17.7. The molecule has 0 aliphatic heterocycles. The summed E-state index contributed by atoms with van der Waals surface area (Å²) >= 11 is 1.66. The molecular weight excluding hydrogens is 394 g/mol. The molecule has 156 valence electrons. The fraction of sp³-hybridized carbons (Fsp3) is 0.348. The van der Waals surface area contributed by atoms with Crippen LogP contribution in [0.25, 0.3) is 11.3 Å². The van der Waals surface area contributed by atoms with Crippen molar-refractivity contribution >= 4 is 29.0 Å². The molecular formula is C23H27N5OS. The predicted molar refractivity (Wildman–Crippen MR) is 122 cm³/mol. The maximum atomic E-state index is 11.4. The van der Waals surface area contributed by atoms with Gasteiger partial charge in [0, 0.05) is 36.0 Å². The van der Waals surface area contributed by atoms with Gasteiger partial charge in [0.05, 0.1) is 5.69 Å². The number of carbonyl (C=O) groups is 1. The number of amides is 1. The van der Waals surface area contributed by atoms with Crippen molar-refractivity contribution in [1.29, 1.82) is 0 Å². The lowest BCUT2D eigenvalue weighted by molar-refractivity contribution is -0.122. The minimum absolute atomic E-state index is 0.0354. The summed E-state index contributed by atoms with van der Waals surface area (Å²) in [6.45, 7) is 1.51. The zero-order valence-electron chi connectivity index (χ0n) is 16.9. The highest BCUT2D eigenvalue weighted by atomic mass is 32.1. The van der Waals surface area contributed by atoms with Crippen LogP contribution in [0.3, 0.4) is 0 Å². The Labute approximate surface area is 181 Å². The SMILES string of the molecule is NC(=O)C1CCC(CNc2nc(NCc3ccccc3)cc(-c3ccsc3)n2)CC1. The average molecular weight is 422 g/mol. The second kappa shape index (κ2) is 9.71. The maximum absolute atomic E-state index is 11.4. The topological polar surface area (TPSA) is 92.9 Å². The van der Waals surface area contributed by atoms with E-state index in [4.69, 9.17) is 10.7 Å². The summed E-state index contributed by atoms with van der Waals surface area (Å²) in [5.74, 6) is 1.81. The molecule has 1 aliphatic rings. The van der Waals surface area contributed by atoms with Gasteiger partial charge in [-0.2, -0.15) is 16.3 Å². The van der Waals surface area contributed by atoms with E-state index in [0.29, 0.717) is 18.4 Å². The van der Waals surface area contributed by atoms with Crippen LogP contribution in [-0.2, 0) is 11.3 Å². The van der Waals surface area contributed by atoms with Crippen LogP contribution in [0, 0.1) is 11.8 Å². The van der Waals surface area contributed by atoms with Crippen molar-refractivity contribution in [3.63, 3.8) is 0 Å². The molecule has 0 radical (unpaired) electrons. The molecule has 1 aliphatic carbocycles. The number of nitrogens with one attached hydrogen (secondary N) is 2. The molecule has 0 bridgehead atoms. The molecule has 0 saturated heterocycles. The first kappa shape index (κ1) is 20.3. The summed E-state index contributed by atoms with van der Waals surface area (Å²) in [6.07, 6.45) is 3.76. The number of anilines is 2. The van der Waals surface area contributed by atoms with Gasteiger partial charge in [0.25, 0.3) is 0 Å². The lowest BCUT2D eigenvalue weighted by Gasteiger charge is -2.26. The number of carbonyl (C=O) groups excluding carboxylic acids is 1. The van der Waals surface area contributed by atoms with E-state index in [2.05, 4.69) is 44.6 Å². The molecule has 1 fully saturated rings. The summed E-state index contributed by atoms with van der Waals surface area (Å²) in [6, 6.07) is 14.3. The standard InChI is InChI=1S/C23H27N5OS/c24-22(29)18-8-6-17(7-9-18)14-26-23-27-20(19-10-11-30-15-19)12-21(28-23)25-13-16-4-2-1-3-5-16/h1-5,10-12,15,17-18H,6-9,13-14H2,(H2,24,29)(H2,25,26,27,28). The molecule has 4 rings (SSSR count). The van der Waals surface area contributed by atoms with Gasteiger partial charge in [-0.1, -0.05) is 30.3 Å². The van der Waals surface area contributed by atoms with Gasteiger partial charge in [0.2, 0.25) is 11.9 Å². The highest BCUT2D eigenvalue weighted by Crippen LogP contribution is 2.29. The average Bonchev–Trinajstić information content (AvgIpc) is 3.32. The van der Waals surface area contributed by atoms with Crippen LogP contribution >= 0.6 is 11.3 Å². The largest absolute Gasteiger partial charge is 0.369 e. The minimum Gasteiger partial charge on any atom is -0.369 e. The predicted octanol–water partition coefficient (Wildman–Crippen LogP) is 4.52. The van der Waals surface area contributed by atoms with Crippen molar-refractivity contribution in [2.75, 3.05) is 17.2 Å². The highest BCUT2D eigenvalue weighted by Gasteiger charge is 2.24. The summed E-state index contributed by atoms with van der Waals surface area (Å²) in [7, 11) is 0. The van der Waals surface area contributed by atoms with Crippen molar-refractivity contribution in [1.82, 2.24) is 9.97 Å². The van der Waals surface area contributed by atoms with Gasteiger partial charge in [-0.15, -0.1) is 0 Å². The van der Waals surface area contributed by atoms with Crippen LogP contribution in [0.15, 0.2) is 53.2 Å². The van der Waals surface area contributed by atoms with Crippen molar-refractivity contribution in [2.24, 2.45) is 17.6 Å². The van der Waals surface area contributed by atoms with Crippen LogP contribution < -0.4 is 16.4 Å². The lowest BCUT2D eigenvalue weighted by atomic mass is 9.82. The van der Waals surface area contributed by atoms with Gasteiger partial charge in [-0.05, 0) is 48.6 Å². The smallest absolute Gasteiger partial charge is 0.225 e. The molecule has 0 unspecified atom stereocenters. The molecule has 6 nitrogen and oxygen atoms in total. The molecule has 1 saturated carbocycles. The van der Waals surface area contributed by atoms with E-state index in [1.54, 1.807) is 11.3 Å². The fourth-order valence-electron chi connectivity index (χ4n) is 3.85. The summed E-state index contributed by atoms with van der Waals surface area (Å²) in [5.41, 5.74) is 8.65. The number of benzene rings is 1. The Hall–Kier alpha value is -2.93. The molecule has 2 heterocycles. The summed E-state index contributed by atoms with van der Waals surface area (Å²) in [4.78, 5) is 20.8. The normalized spacial score (nSPS) is 18.7. The van der Waals surface area contributed by atoms with Crippen molar-refractivity contribution < 1.29 is 4.79 Å². The van der Waals surface area contributed by atoms with Gasteiger partial charge in [-0.25, -0.2) is 4.98 Å². The van der Waals surface area contributed by atoms with E-state index >= 15 is 0 Å². The van der Waals surface area contributed by atoms with Crippen LogP contribution in [-0.4, -0.2) is 22.4 Å². The third-order valence-corrected chi connectivity index (χ3v) is 6.34. The van der Waals surface area contributed by atoms with E-state index < -0.39 is 0 Å². The quantitative estimate of drug-likeness (QED) is 0.497. The Morgan fingerprint density at radius 3 is 2.57 bits per heavy atom. The molecule has 1 amide bonds. The first-order chi connectivity index (χ1) is 14.7. The highest BCUT2D eigenvalue weighted by molar-refractivity contribution is 7.08. The number of thiophene rings is 1. The van der Waals surface area contributed by atoms with E-state index in [1.807, 2.05) is 24.3 Å². The minimum atomic E-state index is -0.165. The van der Waals surface area contributed by atoms with Gasteiger partial charge < -0.3 is 16.4 Å². The molecule has 4 N–H and O–H groups in total. The van der Waals surface area contributed by atoms with Crippen LogP contribution in [0.5, 0.6) is 0 Å². The maximum Gasteiger partial charge on any atom is 0.225 e. The summed E-state index contributed by atoms with van der Waals surface area (Å²) < 4.78 is 0. The Balaban J connectivity index is 1.43. The van der Waals surface area contributed by atoms with E-state index in [-0.39, 0.29) is 11.8 Å². The number of hydrogen-bond donors (Lipinski definition) is 3. The molecule has 7 heteroatoms. The summed E-state index contributed by atoms with van der Waals surface area (Å²) in [5, 5.41) is 11.0. The van der Waals surface area contributed by atoms with Crippen molar-refractivity contribution in [2.45, 2.75) is 32.2 Å². The zero-order chi connectivity index (χ0) is 20.8. The third-order valence-electron chi connectivity index (χ3n) is 5.66. The number of nitrogens with zero attached hydrogens (tertiary/aromatic N) is 2. The number of hydrogen-bond acceptors (Lipinski definition) is 6. The Morgan fingerprint density at radius 2 is 1.87 bits per heavy atom. The molecule has 30 heavy (non-hydrogen) atoms. The Bertz CT molecular complexity index is 953. The van der Waals surface area contributed by atoms with Crippen molar-refractivity contribution in [3.8, 4) is 11.3 Å². The Kier molecular flexibility index (Phi) is 6.59. The number of aromatic nitrogens is 2. The van der Waals surface area contributed by atoms with Crippen LogP contribution in [0.2, 0.25) is 0 Å². The van der Waals surface area contributed by atoms with E-state index in [0.717, 1.165) is 49.3 Å². The van der Waals surface area contributed by atoms with Crippen LogP contribution in [0.1, 0.15) is 31.2 Å². The van der Waals surface area contributed by atoms with Crippen LogP contribution in [0.4, 0.5) is 11.8 Å². The van der Waals surface area contributed by atoms with Crippen molar-refractivity contribution in [3.05, 3.63) is 58.8 Å². The molecule has 2 aromatic heterocycles. The molecule has 3 aromatic rings. The van der Waals surface area contributed by atoms with E-state index in [1.165, 1.54) is 5.56 Å². The lowest BCUT2D eigenvalue weighted by Crippen LogP contribution is -2.29. The van der Waals surface area contributed by atoms with Gasteiger partial charge >= 0.3 is 0 Å². The fourth-order valence-corrected chi connectivity index (χ4v) is 4.50. The second-order valence-corrected chi connectivity index (χ2v) is 8.59.